The largest absolute Gasteiger partial charge is 0.382 e. The Balaban J connectivity index is 1.87. The van der Waals surface area contributed by atoms with Crippen molar-refractivity contribution < 1.29 is 4.39 Å². The number of fused-ring (bicyclic) bond motifs is 1. The molecule has 4 aromatic rings. The quantitative estimate of drug-likeness (QED) is 0.551. The molecule has 1 aromatic carbocycles. The van der Waals surface area contributed by atoms with Gasteiger partial charge in [0, 0.05) is 12.3 Å². The maximum atomic E-state index is 14.0. The van der Waals surface area contributed by atoms with E-state index in [2.05, 4.69) is 25.3 Å². The fraction of sp³-hybridized carbons (Fsp3) is 0.150. The summed E-state index contributed by atoms with van der Waals surface area (Å²) in [5.74, 6) is 0.649. The minimum absolute atomic E-state index is 0.0932. The van der Waals surface area contributed by atoms with Crippen LogP contribution in [-0.4, -0.2) is 24.5 Å². The number of aromatic nitrogens is 5. The highest BCUT2D eigenvalue weighted by molar-refractivity contribution is 5.78. The van der Waals surface area contributed by atoms with Crippen molar-refractivity contribution >= 4 is 22.7 Å². The van der Waals surface area contributed by atoms with Gasteiger partial charge in [-0.2, -0.15) is 5.26 Å². The number of benzene rings is 1. The van der Waals surface area contributed by atoms with E-state index in [0.29, 0.717) is 22.7 Å². The third-order valence-electron chi connectivity index (χ3n) is 4.49. The number of hydrogen-bond donors (Lipinski definition) is 2. The molecule has 144 valence electrons. The predicted octanol–water partition coefficient (Wildman–Crippen LogP) is 3.29. The summed E-state index contributed by atoms with van der Waals surface area (Å²) >= 11 is 0. The first-order chi connectivity index (χ1) is 14.0. The Labute approximate surface area is 165 Å². The van der Waals surface area contributed by atoms with E-state index in [1.54, 1.807) is 18.5 Å². The Hall–Kier alpha value is -4.06. The summed E-state index contributed by atoms with van der Waals surface area (Å²) in [6.45, 7) is 3.80. The van der Waals surface area contributed by atoms with Gasteiger partial charge in [0.1, 0.15) is 41.2 Å². The van der Waals surface area contributed by atoms with Gasteiger partial charge < -0.3 is 11.1 Å². The standard InChI is InChI=1S/C20H17FN8/c1-11-5-14(9-24-8-11)29-17-6-13(21)3-4-16(17)28-20(29)12(2)27-19-15(7-22)18(23)25-10-26-19/h3-6,8-10,12H,1-2H3,(H3,23,25,26,27). The summed E-state index contributed by atoms with van der Waals surface area (Å²) in [6, 6.07) is 8.00. The third kappa shape index (κ3) is 3.32. The first-order valence-corrected chi connectivity index (χ1v) is 8.85. The summed E-state index contributed by atoms with van der Waals surface area (Å²) in [4.78, 5) is 16.9. The zero-order valence-electron chi connectivity index (χ0n) is 15.8. The van der Waals surface area contributed by atoms with Gasteiger partial charge in [-0.05, 0) is 37.6 Å². The lowest BCUT2D eigenvalue weighted by Crippen LogP contribution is -2.15. The highest BCUT2D eigenvalue weighted by atomic mass is 19.1. The predicted molar refractivity (Wildman–Crippen MR) is 107 cm³/mol. The Morgan fingerprint density at radius 1 is 1.24 bits per heavy atom. The van der Waals surface area contributed by atoms with Crippen LogP contribution in [0.1, 0.15) is 29.9 Å². The van der Waals surface area contributed by atoms with E-state index in [-0.39, 0.29) is 23.2 Å². The molecule has 3 aromatic heterocycles. The summed E-state index contributed by atoms with van der Waals surface area (Å²) in [5.41, 5.74) is 8.90. The molecule has 0 spiro atoms. The topological polar surface area (TPSA) is 118 Å². The lowest BCUT2D eigenvalue weighted by atomic mass is 10.2. The molecule has 0 bridgehead atoms. The molecule has 29 heavy (non-hydrogen) atoms. The highest BCUT2D eigenvalue weighted by Crippen LogP contribution is 2.28. The summed E-state index contributed by atoms with van der Waals surface area (Å²) in [7, 11) is 0. The molecule has 3 N–H and O–H groups in total. The van der Waals surface area contributed by atoms with Gasteiger partial charge >= 0.3 is 0 Å². The van der Waals surface area contributed by atoms with Crippen LogP contribution in [0.15, 0.2) is 43.0 Å². The second-order valence-electron chi connectivity index (χ2n) is 6.62. The van der Waals surface area contributed by atoms with Crippen molar-refractivity contribution in [1.82, 2.24) is 24.5 Å². The SMILES string of the molecule is Cc1cncc(-n2c(C(C)Nc3ncnc(N)c3C#N)nc3ccc(F)cc32)c1. The summed E-state index contributed by atoms with van der Waals surface area (Å²) < 4.78 is 15.8. The fourth-order valence-electron chi connectivity index (χ4n) is 3.18. The number of anilines is 2. The number of aryl methyl sites for hydroxylation is 1. The van der Waals surface area contributed by atoms with E-state index < -0.39 is 0 Å². The second kappa shape index (κ2) is 7.16. The van der Waals surface area contributed by atoms with Gasteiger partial charge in [-0.15, -0.1) is 0 Å². The molecule has 1 unspecified atom stereocenters. The van der Waals surface area contributed by atoms with Gasteiger partial charge in [-0.25, -0.2) is 19.3 Å². The maximum Gasteiger partial charge on any atom is 0.150 e. The number of halogens is 1. The molecule has 0 aliphatic heterocycles. The number of hydrogen-bond acceptors (Lipinski definition) is 7. The molecular weight excluding hydrogens is 371 g/mol. The van der Waals surface area contributed by atoms with E-state index >= 15 is 0 Å². The van der Waals surface area contributed by atoms with Crippen LogP contribution in [0, 0.1) is 24.1 Å². The van der Waals surface area contributed by atoms with Gasteiger partial charge in [0.25, 0.3) is 0 Å². The van der Waals surface area contributed by atoms with Crippen LogP contribution in [0.3, 0.4) is 0 Å². The number of pyridine rings is 1. The Morgan fingerprint density at radius 2 is 2.07 bits per heavy atom. The van der Waals surface area contributed by atoms with E-state index in [4.69, 9.17) is 5.73 Å². The number of nitrogen functional groups attached to an aromatic ring is 1. The van der Waals surface area contributed by atoms with E-state index in [1.165, 1.54) is 18.5 Å². The van der Waals surface area contributed by atoms with Crippen LogP contribution in [0.25, 0.3) is 16.7 Å². The first kappa shape index (κ1) is 18.3. The normalized spacial score (nSPS) is 11.9. The number of nitriles is 1. The Bertz CT molecular complexity index is 1260. The Kier molecular flexibility index (Phi) is 4.52. The summed E-state index contributed by atoms with van der Waals surface area (Å²) in [5, 5.41) is 12.5. The molecule has 4 rings (SSSR count). The van der Waals surface area contributed by atoms with E-state index in [1.807, 2.05) is 30.6 Å². The lowest BCUT2D eigenvalue weighted by molar-refractivity contribution is 0.629. The van der Waals surface area contributed by atoms with E-state index in [0.717, 1.165) is 11.3 Å². The van der Waals surface area contributed by atoms with Gasteiger partial charge in [-0.1, -0.05) is 0 Å². The molecule has 9 heteroatoms. The van der Waals surface area contributed by atoms with Crippen LogP contribution in [0.4, 0.5) is 16.0 Å². The van der Waals surface area contributed by atoms with Crippen molar-refractivity contribution in [3.8, 4) is 11.8 Å². The van der Waals surface area contributed by atoms with Gasteiger partial charge in [0.05, 0.1) is 29.0 Å². The van der Waals surface area contributed by atoms with Crippen LogP contribution < -0.4 is 11.1 Å². The van der Waals surface area contributed by atoms with Crippen LogP contribution in [-0.2, 0) is 0 Å². The smallest absolute Gasteiger partial charge is 0.150 e. The van der Waals surface area contributed by atoms with Gasteiger partial charge in [0.2, 0.25) is 0 Å². The van der Waals surface area contributed by atoms with E-state index in [9.17, 15) is 9.65 Å². The van der Waals surface area contributed by atoms with Crippen molar-refractivity contribution in [3.63, 3.8) is 0 Å². The lowest BCUT2D eigenvalue weighted by Gasteiger charge is -2.17. The average molecular weight is 388 g/mol. The van der Waals surface area contributed by atoms with Gasteiger partial charge in [0.15, 0.2) is 0 Å². The molecule has 0 aliphatic rings. The van der Waals surface area contributed by atoms with Crippen LogP contribution in [0.2, 0.25) is 0 Å². The van der Waals surface area contributed by atoms with Crippen molar-refractivity contribution in [2.75, 3.05) is 11.1 Å². The zero-order valence-corrected chi connectivity index (χ0v) is 15.8. The zero-order chi connectivity index (χ0) is 20.5. The van der Waals surface area contributed by atoms with Crippen molar-refractivity contribution in [3.05, 3.63) is 65.8 Å². The number of rotatable bonds is 4. The third-order valence-corrected chi connectivity index (χ3v) is 4.49. The van der Waals surface area contributed by atoms with Crippen molar-refractivity contribution in [2.24, 2.45) is 0 Å². The number of nitrogens with one attached hydrogen (secondary N) is 1. The minimum Gasteiger partial charge on any atom is -0.382 e. The average Bonchev–Trinajstić information content (AvgIpc) is 3.07. The number of nitrogens with zero attached hydrogens (tertiary/aromatic N) is 6. The molecule has 0 saturated heterocycles. The molecule has 0 saturated carbocycles. The molecule has 8 nitrogen and oxygen atoms in total. The first-order valence-electron chi connectivity index (χ1n) is 8.85. The second-order valence-corrected chi connectivity index (χ2v) is 6.62. The van der Waals surface area contributed by atoms with Crippen LogP contribution >= 0.6 is 0 Å². The summed E-state index contributed by atoms with van der Waals surface area (Å²) in [6.07, 6.45) is 4.72. The number of nitrogens with two attached hydrogens (primary N) is 1. The monoisotopic (exact) mass is 388 g/mol. The molecule has 1 atom stereocenters. The molecule has 0 radical (unpaired) electrons. The Morgan fingerprint density at radius 3 is 2.83 bits per heavy atom. The van der Waals surface area contributed by atoms with Crippen molar-refractivity contribution in [1.29, 1.82) is 5.26 Å². The van der Waals surface area contributed by atoms with Crippen molar-refractivity contribution in [2.45, 2.75) is 19.9 Å². The molecular formula is C20H17FN8. The fourth-order valence-corrected chi connectivity index (χ4v) is 3.18. The molecule has 3 heterocycles. The number of imidazole rings is 1. The van der Waals surface area contributed by atoms with Gasteiger partial charge in [-0.3, -0.25) is 9.55 Å². The molecule has 0 aliphatic carbocycles. The molecule has 0 amide bonds. The molecule has 0 fully saturated rings. The minimum atomic E-state index is -0.382. The maximum absolute atomic E-state index is 14.0. The highest BCUT2D eigenvalue weighted by Gasteiger charge is 2.21. The van der Waals surface area contributed by atoms with Crippen LogP contribution in [0.5, 0.6) is 0 Å².